The molecule has 0 spiro atoms. The van der Waals surface area contributed by atoms with Gasteiger partial charge in [0.2, 0.25) is 11.8 Å². The number of amides is 2. The number of halogens is 1. The molecule has 0 saturated carbocycles. The second-order valence-electron chi connectivity index (χ2n) is 8.48. The first-order chi connectivity index (χ1) is 15.6. The molecule has 2 amide bonds. The topological polar surface area (TPSA) is 61.9 Å². The van der Waals surface area contributed by atoms with Gasteiger partial charge in [-0.2, -0.15) is 0 Å². The van der Waals surface area contributed by atoms with E-state index in [2.05, 4.69) is 5.32 Å². The second kappa shape index (κ2) is 10.7. The molecule has 2 aliphatic rings. The molecule has 170 valence electrons. The predicted octanol–water partition coefficient (Wildman–Crippen LogP) is 2.72. The molecule has 1 unspecified atom stereocenters. The molecular formula is C25H30FN3O3. The van der Waals surface area contributed by atoms with Crippen molar-refractivity contribution in [3.05, 3.63) is 71.5 Å². The highest BCUT2D eigenvalue weighted by atomic mass is 19.1. The summed E-state index contributed by atoms with van der Waals surface area (Å²) in [5, 5.41) is 2.87. The molecule has 0 radical (unpaired) electrons. The van der Waals surface area contributed by atoms with E-state index >= 15 is 0 Å². The van der Waals surface area contributed by atoms with Gasteiger partial charge in [-0.3, -0.25) is 14.5 Å². The third kappa shape index (κ3) is 5.93. The van der Waals surface area contributed by atoms with Crippen LogP contribution >= 0.6 is 0 Å². The molecule has 6 nitrogen and oxygen atoms in total. The Kier molecular flexibility index (Phi) is 7.50. The molecule has 2 aromatic rings. The van der Waals surface area contributed by atoms with Crippen molar-refractivity contribution < 1.29 is 18.7 Å². The molecule has 1 N–H and O–H groups in total. The lowest BCUT2D eigenvalue weighted by atomic mass is 10.0. The monoisotopic (exact) mass is 439 g/mol. The first-order valence-electron chi connectivity index (χ1n) is 11.3. The Morgan fingerprint density at radius 1 is 1.00 bits per heavy atom. The van der Waals surface area contributed by atoms with Crippen LogP contribution in [0.3, 0.4) is 0 Å². The molecule has 4 rings (SSSR count). The van der Waals surface area contributed by atoms with Gasteiger partial charge in [0.15, 0.2) is 0 Å². The van der Waals surface area contributed by atoms with Crippen molar-refractivity contribution in [2.45, 2.75) is 44.6 Å². The Labute approximate surface area is 188 Å². The maximum atomic E-state index is 13.2. The average molecular weight is 440 g/mol. The quantitative estimate of drug-likeness (QED) is 0.721. The van der Waals surface area contributed by atoms with Gasteiger partial charge in [-0.25, -0.2) is 4.39 Å². The van der Waals surface area contributed by atoms with Crippen LogP contribution in [0, 0.1) is 5.82 Å². The Bertz CT molecular complexity index is 898. The largest absolute Gasteiger partial charge is 0.373 e. The SMILES string of the molecule is O=C1NCCN(Cc2ccc(F)cc2)C1CC(=O)N1CCC(OCc2ccccc2)CC1. The average Bonchev–Trinajstić information content (AvgIpc) is 2.82. The van der Waals surface area contributed by atoms with E-state index in [0.717, 1.165) is 24.0 Å². The third-order valence-electron chi connectivity index (χ3n) is 6.23. The number of nitrogens with one attached hydrogen (secondary N) is 1. The Hall–Kier alpha value is -2.77. The lowest BCUT2D eigenvalue weighted by Gasteiger charge is -2.37. The number of piperazine rings is 1. The van der Waals surface area contributed by atoms with Gasteiger partial charge in [-0.05, 0) is 36.1 Å². The maximum absolute atomic E-state index is 13.2. The molecule has 7 heteroatoms. The highest BCUT2D eigenvalue weighted by Crippen LogP contribution is 2.19. The minimum absolute atomic E-state index is 0.00216. The van der Waals surface area contributed by atoms with E-state index < -0.39 is 6.04 Å². The molecule has 0 aromatic heterocycles. The van der Waals surface area contributed by atoms with Crippen molar-refractivity contribution in [1.82, 2.24) is 15.1 Å². The van der Waals surface area contributed by atoms with E-state index in [0.29, 0.717) is 39.3 Å². The summed E-state index contributed by atoms with van der Waals surface area (Å²) in [5.41, 5.74) is 2.07. The molecule has 2 heterocycles. The zero-order valence-corrected chi connectivity index (χ0v) is 18.2. The van der Waals surface area contributed by atoms with E-state index in [4.69, 9.17) is 4.74 Å². The zero-order valence-electron chi connectivity index (χ0n) is 18.2. The Balaban J connectivity index is 1.28. The Morgan fingerprint density at radius 3 is 2.44 bits per heavy atom. The molecule has 32 heavy (non-hydrogen) atoms. The number of nitrogens with zero attached hydrogens (tertiary/aromatic N) is 2. The number of benzene rings is 2. The number of hydrogen-bond acceptors (Lipinski definition) is 4. The van der Waals surface area contributed by atoms with Crippen LogP contribution in [0.15, 0.2) is 54.6 Å². The summed E-state index contributed by atoms with van der Waals surface area (Å²) in [7, 11) is 0. The number of ether oxygens (including phenoxy) is 1. The van der Waals surface area contributed by atoms with Crippen LogP contribution in [-0.4, -0.2) is 59.9 Å². The summed E-state index contributed by atoms with van der Waals surface area (Å²) in [6.45, 7) is 3.60. The summed E-state index contributed by atoms with van der Waals surface area (Å²) in [6.07, 6.45) is 1.90. The maximum Gasteiger partial charge on any atom is 0.237 e. The summed E-state index contributed by atoms with van der Waals surface area (Å²) in [6, 6.07) is 15.9. The first-order valence-corrected chi connectivity index (χ1v) is 11.3. The van der Waals surface area contributed by atoms with Crippen LogP contribution < -0.4 is 5.32 Å². The highest BCUT2D eigenvalue weighted by Gasteiger charge is 2.34. The molecule has 0 aliphatic carbocycles. The minimum atomic E-state index is -0.506. The lowest BCUT2D eigenvalue weighted by molar-refractivity contribution is -0.140. The number of hydrogen-bond donors (Lipinski definition) is 1. The van der Waals surface area contributed by atoms with Crippen molar-refractivity contribution in [1.29, 1.82) is 0 Å². The molecule has 2 saturated heterocycles. The molecule has 1 atom stereocenters. The van der Waals surface area contributed by atoms with Crippen LogP contribution in [0.25, 0.3) is 0 Å². The van der Waals surface area contributed by atoms with E-state index in [1.807, 2.05) is 40.1 Å². The van der Waals surface area contributed by atoms with Gasteiger partial charge in [0.25, 0.3) is 0 Å². The second-order valence-corrected chi connectivity index (χ2v) is 8.48. The third-order valence-corrected chi connectivity index (χ3v) is 6.23. The van der Waals surface area contributed by atoms with Gasteiger partial charge < -0.3 is 15.0 Å². The van der Waals surface area contributed by atoms with Crippen LogP contribution in [0.4, 0.5) is 4.39 Å². The smallest absolute Gasteiger partial charge is 0.237 e. The summed E-state index contributed by atoms with van der Waals surface area (Å²) < 4.78 is 19.2. The van der Waals surface area contributed by atoms with Crippen molar-refractivity contribution in [3.8, 4) is 0 Å². The lowest BCUT2D eigenvalue weighted by Crippen LogP contribution is -2.56. The molecular weight excluding hydrogens is 409 g/mol. The van der Waals surface area contributed by atoms with Gasteiger partial charge in [0.05, 0.1) is 25.2 Å². The highest BCUT2D eigenvalue weighted by molar-refractivity contribution is 5.88. The normalized spacial score (nSPS) is 20.2. The van der Waals surface area contributed by atoms with Crippen molar-refractivity contribution in [2.24, 2.45) is 0 Å². The van der Waals surface area contributed by atoms with Gasteiger partial charge in [0, 0.05) is 32.7 Å². The van der Waals surface area contributed by atoms with Crippen LogP contribution in [0.2, 0.25) is 0 Å². The van der Waals surface area contributed by atoms with E-state index in [-0.39, 0.29) is 30.2 Å². The molecule has 2 aromatic carbocycles. The summed E-state index contributed by atoms with van der Waals surface area (Å²) >= 11 is 0. The number of carbonyl (C=O) groups is 2. The van der Waals surface area contributed by atoms with Gasteiger partial charge in [-0.1, -0.05) is 42.5 Å². The molecule has 2 fully saturated rings. The standard InChI is InChI=1S/C25H30FN3O3/c26-21-8-6-19(7-9-21)17-29-15-12-27-25(31)23(29)16-24(30)28-13-10-22(11-14-28)32-18-20-4-2-1-3-5-20/h1-9,22-23H,10-18H2,(H,27,31). The van der Waals surface area contributed by atoms with Crippen molar-refractivity contribution in [3.63, 3.8) is 0 Å². The van der Waals surface area contributed by atoms with Crippen LogP contribution in [0.5, 0.6) is 0 Å². The van der Waals surface area contributed by atoms with Gasteiger partial charge in [0.1, 0.15) is 5.82 Å². The fourth-order valence-corrected chi connectivity index (χ4v) is 4.35. The predicted molar refractivity (Wildman–Crippen MR) is 119 cm³/mol. The molecule has 0 bridgehead atoms. The number of rotatable bonds is 7. The summed E-state index contributed by atoms with van der Waals surface area (Å²) in [4.78, 5) is 29.4. The van der Waals surface area contributed by atoms with Crippen LogP contribution in [-0.2, 0) is 27.5 Å². The number of piperidine rings is 1. The van der Waals surface area contributed by atoms with E-state index in [1.54, 1.807) is 12.1 Å². The van der Waals surface area contributed by atoms with Crippen molar-refractivity contribution in [2.75, 3.05) is 26.2 Å². The van der Waals surface area contributed by atoms with Crippen molar-refractivity contribution >= 4 is 11.8 Å². The number of likely N-dealkylation sites (tertiary alicyclic amines) is 1. The van der Waals surface area contributed by atoms with Gasteiger partial charge >= 0.3 is 0 Å². The zero-order chi connectivity index (χ0) is 22.3. The number of carbonyl (C=O) groups excluding carboxylic acids is 2. The first kappa shape index (κ1) is 22.4. The van der Waals surface area contributed by atoms with E-state index in [1.165, 1.54) is 12.1 Å². The fraction of sp³-hybridized carbons (Fsp3) is 0.440. The van der Waals surface area contributed by atoms with Crippen LogP contribution in [0.1, 0.15) is 30.4 Å². The van der Waals surface area contributed by atoms with Gasteiger partial charge in [-0.15, -0.1) is 0 Å². The van der Waals surface area contributed by atoms with E-state index in [9.17, 15) is 14.0 Å². The minimum Gasteiger partial charge on any atom is -0.373 e. The molecule has 2 aliphatic heterocycles. The Morgan fingerprint density at radius 2 is 1.72 bits per heavy atom. The fourth-order valence-electron chi connectivity index (χ4n) is 4.35. The summed E-state index contributed by atoms with van der Waals surface area (Å²) in [5.74, 6) is -0.404.